The zero-order chi connectivity index (χ0) is 23.2. The Bertz CT molecular complexity index is 1230. The number of carbonyl (C=O) groups excluding carboxylic acids is 1. The third-order valence-corrected chi connectivity index (χ3v) is 6.19. The van der Waals surface area contributed by atoms with Crippen LogP contribution in [0.2, 0.25) is 0 Å². The topological polar surface area (TPSA) is 73.6 Å². The van der Waals surface area contributed by atoms with Crippen LogP contribution in [0.3, 0.4) is 0 Å². The van der Waals surface area contributed by atoms with Crippen LogP contribution in [0, 0.1) is 13.8 Å². The first-order valence-corrected chi connectivity index (χ1v) is 11.4. The number of hydrogen-bond donors (Lipinski definition) is 1. The van der Waals surface area contributed by atoms with Crippen molar-refractivity contribution in [1.82, 2.24) is 5.16 Å². The number of amides is 1. The molecule has 0 spiro atoms. The van der Waals surface area contributed by atoms with Gasteiger partial charge in [0.2, 0.25) is 0 Å². The Balaban J connectivity index is 1.43. The summed E-state index contributed by atoms with van der Waals surface area (Å²) in [5.41, 5.74) is 3.22. The van der Waals surface area contributed by atoms with Crippen molar-refractivity contribution < 1.29 is 18.8 Å². The Morgan fingerprint density at radius 3 is 2.36 bits per heavy atom. The average Bonchev–Trinajstić information content (AvgIpc) is 3.16. The van der Waals surface area contributed by atoms with E-state index in [1.165, 1.54) is 0 Å². The van der Waals surface area contributed by atoms with E-state index >= 15 is 0 Å². The van der Waals surface area contributed by atoms with Crippen LogP contribution in [0.4, 0.5) is 5.69 Å². The highest BCUT2D eigenvalue weighted by Crippen LogP contribution is 2.32. The van der Waals surface area contributed by atoms with E-state index in [0.717, 1.165) is 21.9 Å². The number of rotatable bonds is 8. The lowest BCUT2D eigenvalue weighted by atomic mass is 10.2. The van der Waals surface area contributed by atoms with E-state index in [4.69, 9.17) is 14.0 Å². The first-order chi connectivity index (χ1) is 16.0. The fourth-order valence-corrected chi connectivity index (χ4v) is 4.48. The fourth-order valence-electron chi connectivity index (χ4n) is 3.27. The molecule has 0 bridgehead atoms. The van der Waals surface area contributed by atoms with Crippen LogP contribution in [-0.4, -0.2) is 18.2 Å². The maximum atomic E-state index is 13.0. The van der Waals surface area contributed by atoms with Crippen LogP contribution in [0.1, 0.15) is 27.4 Å². The summed E-state index contributed by atoms with van der Waals surface area (Å²) in [4.78, 5) is 13.9. The zero-order valence-corrected chi connectivity index (χ0v) is 19.4. The minimum atomic E-state index is -0.171. The van der Waals surface area contributed by atoms with Crippen molar-refractivity contribution in [2.45, 2.75) is 24.5 Å². The van der Waals surface area contributed by atoms with Gasteiger partial charge in [-0.3, -0.25) is 4.79 Å². The van der Waals surface area contributed by atoms with Crippen molar-refractivity contribution in [3.8, 4) is 17.2 Å². The number of para-hydroxylation sites is 2. The molecule has 4 aromatic rings. The van der Waals surface area contributed by atoms with Gasteiger partial charge in [0, 0.05) is 21.9 Å². The van der Waals surface area contributed by atoms with Gasteiger partial charge in [-0.1, -0.05) is 29.4 Å². The van der Waals surface area contributed by atoms with Crippen LogP contribution in [0.25, 0.3) is 0 Å². The molecule has 168 valence electrons. The molecule has 6 nitrogen and oxygen atoms in total. The first-order valence-electron chi connectivity index (χ1n) is 10.4. The van der Waals surface area contributed by atoms with Crippen molar-refractivity contribution >= 4 is 23.4 Å². The number of aromatic nitrogens is 1. The molecule has 0 saturated carbocycles. The Morgan fingerprint density at radius 1 is 0.970 bits per heavy atom. The van der Waals surface area contributed by atoms with Gasteiger partial charge in [-0.25, -0.2) is 0 Å². The molecule has 0 fully saturated rings. The van der Waals surface area contributed by atoms with Crippen molar-refractivity contribution in [2.24, 2.45) is 0 Å². The SMILES string of the molecule is COc1ccccc1Oc1ccc(NC(=O)c2ccccc2SCc2c(C)noc2C)cc1. The van der Waals surface area contributed by atoms with Crippen LogP contribution >= 0.6 is 11.8 Å². The molecule has 1 N–H and O–H groups in total. The summed E-state index contributed by atoms with van der Waals surface area (Å²) in [5.74, 6) is 3.24. The number of carbonyl (C=O) groups is 1. The number of benzene rings is 3. The van der Waals surface area contributed by atoms with E-state index in [1.807, 2.05) is 74.5 Å². The summed E-state index contributed by atoms with van der Waals surface area (Å²) in [6.45, 7) is 3.82. The molecule has 0 radical (unpaired) electrons. The largest absolute Gasteiger partial charge is 0.493 e. The highest BCUT2D eigenvalue weighted by molar-refractivity contribution is 7.98. The molecule has 33 heavy (non-hydrogen) atoms. The Labute approximate surface area is 196 Å². The lowest BCUT2D eigenvalue weighted by molar-refractivity contribution is 0.102. The molecule has 0 saturated heterocycles. The number of ether oxygens (including phenoxy) is 2. The van der Waals surface area contributed by atoms with Gasteiger partial charge < -0.3 is 19.3 Å². The van der Waals surface area contributed by atoms with Crippen molar-refractivity contribution in [3.63, 3.8) is 0 Å². The average molecular weight is 461 g/mol. The molecule has 0 aliphatic carbocycles. The number of hydrogen-bond acceptors (Lipinski definition) is 6. The molecule has 7 heteroatoms. The maximum Gasteiger partial charge on any atom is 0.256 e. The highest BCUT2D eigenvalue weighted by Gasteiger charge is 2.15. The molecule has 0 aliphatic heterocycles. The lowest BCUT2D eigenvalue weighted by Gasteiger charge is -2.12. The summed E-state index contributed by atoms with van der Waals surface area (Å²) in [6, 6.07) is 22.2. The molecule has 0 aliphatic rings. The van der Waals surface area contributed by atoms with Crippen molar-refractivity contribution in [3.05, 3.63) is 95.4 Å². The van der Waals surface area contributed by atoms with Gasteiger partial charge in [-0.05, 0) is 62.4 Å². The third-order valence-electron chi connectivity index (χ3n) is 5.09. The molecule has 3 aromatic carbocycles. The van der Waals surface area contributed by atoms with Gasteiger partial charge in [0.1, 0.15) is 11.5 Å². The number of nitrogens with zero attached hydrogens (tertiary/aromatic N) is 1. The Hall–Kier alpha value is -3.71. The van der Waals surface area contributed by atoms with Gasteiger partial charge in [0.05, 0.1) is 18.4 Å². The highest BCUT2D eigenvalue weighted by atomic mass is 32.2. The van der Waals surface area contributed by atoms with Gasteiger partial charge in [-0.15, -0.1) is 11.8 Å². The molecule has 1 amide bonds. The molecule has 1 aromatic heterocycles. The van der Waals surface area contributed by atoms with E-state index in [1.54, 1.807) is 31.0 Å². The Morgan fingerprint density at radius 2 is 1.67 bits per heavy atom. The van der Waals surface area contributed by atoms with Gasteiger partial charge in [0.25, 0.3) is 5.91 Å². The number of thioether (sulfide) groups is 1. The smallest absolute Gasteiger partial charge is 0.256 e. The van der Waals surface area contributed by atoms with E-state index in [9.17, 15) is 4.79 Å². The summed E-state index contributed by atoms with van der Waals surface area (Å²) in [6.07, 6.45) is 0. The first kappa shape index (κ1) is 22.5. The second-order valence-electron chi connectivity index (χ2n) is 7.32. The molecular weight excluding hydrogens is 436 g/mol. The molecular formula is C26H24N2O4S. The van der Waals surface area contributed by atoms with Crippen molar-refractivity contribution in [1.29, 1.82) is 0 Å². The summed E-state index contributed by atoms with van der Waals surface area (Å²) in [7, 11) is 1.60. The molecule has 0 unspecified atom stereocenters. The van der Waals surface area contributed by atoms with Crippen LogP contribution < -0.4 is 14.8 Å². The lowest BCUT2D eigenvalue weighted by Crippen LogP contribution is -2.12. The number of nitrogens with one attached hydrogen (secondary N) is 1. The molecule has 1 heterocycles. The zero-order valence-electron chi connectivity index (χ0n) is 18.6. The number of aryl methyl sites for hydroxylation is 2. The fraction of sp³-hybridized carbons (Fsp3) is 0.154. The standard InChI is InChI=1S/C26H24N2O4S/c1-17-22(18(2)32-28-17)16-33-25-11-7-4-8-21(25)26(29)27-19-12-14-20(15-13-19)31-24-10-6-5-9-23(24)30-3/h4-15H,16H2,1-3H3,(H,27,29). The van der Waals surface area contributed by atoms with E-state index < -0.39 is 0 Å². The molecule has 4 rings (SSSR count). The quantitative estimate of drug-likeness (QED) is 0.297. The van der Waals surface area contributed by atoms with Crippen molar-refractivity contribution in [2.75, 3.05) is 12.4 Å². The predicted octanol–water partition coefficient (Wildman–Crippen LogP) is 6.64. The van der Waals surface area contributed by atoms with Gasteiger partial charge in [0.15, 0.2) is 11.5 Å². The predicted molar refractivity (Wildman–Crippen MR) is 129 cm³/mol. The van der Waals surface area contributed by atoms with Gasteiger partial charge >= 0.3 is 0 Å². The Kier molecular flexibility index (Phi) is 7.00. The maximum absolute atomic E-state index is 13.0. The number of anilines is 1. The minimum absolute atomic E-state index is 0.171. The molecule has 0 atom stereocenters. The van der Waals surface area contributed by atoms with E-state index in [2.05, 4.69) is 10.5 Å². The second kappa shape index (κ2) is 10.3. The van der Waals surface area contributed by atoms with E-state index in [-0.39, 0.29) is 5.91 Å². The van der Waals surface area contributed by atoms with Crippen LogP contribution in [-0.2, 0) is 5.75 Å². The van der Waals surface area contributed by atoms with Crippen LogP contribution in [0.5, 0.6) is 17.2 Å². The monoisotopic (exact) mass is 460 g/mol. The summed E-state index contributed by atoms with van der Waals surface area (Å²) in [5, 5.41) is 6.96. The van der Waals surface area contributed by atoms with Crippen LogP contribution in [0.15, 0.2) is 82.2 Å². The summed E-state index contributed by atoms with van der Waals surface area (Å²) < 4.78 is 16.5. The minimum Gasteiger partial charge on any atom is -0.493 e. The second-order valence-corrected chi connectivity index (χ2v) is 8.34. The number of methoxy groups -OCH3 is 1. The summed E-state index contributed by atoms with van der Waals surface area (Å²) >= 11 is 1.59. The van der Waals surface area contributed by atoms with Gasteiger partial charge in [-0.2, -0.15) is 0 Å². The van der Waals surface area contributed by atoms with E-state index in [0.29, 0.717) is 34.3 Å². The normalized spacial score (nSPS) is 10.6. The third kappa shape index (κ3) is 5.38.